The highest BCUT2D eigenvalue weighted by Crippen LogP contribution is 2.27. The number of rotatable bonds is 7. The first kappa shape index (κ1) is 14.5. The van der Waals surface area contributed by atoms with Gasteiger partial charge in [-0.2, -0.15) is 0 Å². The second kappa shape index (κ2) is 8.51. The molecule has 1 aliphatic rings. The Labute approximate surface area is 105 Å². The van der Waals surface area contributed by atoms with Crippen LogP contribution in [0.5, 0.6) is 0 Å². The fraction of sp³-hybridized carbons (Fsp3) is 0.929. The fourth-order valence-corrected chi connectivity index (χ4v) is 2.57. The SMILES string of the molecule is CCCC(O)CNC(=O)CCC1CCCCC1. The number of carbonyl (C=O) groups excluding carboxylic acids is 1. The maximum Gasteiger partial charge on any atom is 0.220 e. The predicted octanol–water partition coefficient (Wildman–Crippen LogP) is 2.62. The molecule has 2 N–H and O–H groups in total. The van der Waals surface area contributed by atoms with Crippen molar-refractivity contribution in [3.05, 3.63) is 0 Å². The summed E-state index contributed by atoms with van der Waals surface area (Å²) in [5.41, 5.74) is 0. The smallest absolute Gasteiger partial charge is 0.220 e. The predicted molar refractivity (Wildman–Crippen MR) is 69.7 cm³/mol. The first-order chi connectivity index (χ1) is 8.22. The molecule has 0 aromatic heterocycles. The quantitative estimate of drug-likeness (QED) is 0.720. The minimum Gasteiger partial charge on any atom is -0.391 e. The molecule has 3 heteroatoms. The van der Waals surface area contributed by atoms with Crippen LogP contribution in [-0.2, 0) is 4.79 Å². The maximum absolute atomic E-state index is 11.6. The number of nitrogens with one attached hydrogen (secondary N) is 1. The van der Waals surface area contributed by atoms with Gasteiger partial charge in [-0.15, -0.1) is 0 Å². The van der Waals surface area contributed by atoms with E-state index in [2.05, 4.69) is 5.32 Å². The van der Waals surface area contributed by atoms with Gasteiger partial charge in [0.2, 0.25) is 5.91 Å². The number of hydrogen-bond acceptors (Lipinski definition) is 2. The van der Waals surface area contributed by atoms with Crippen LogP contribution in [0.1, 0.15) is 64.7 Å². The Morgan fingerprint density at radius 2 is 2.06 bits per heavy atom. The molecule has 3 nitrogen and oxygen atoms in total. The summed E-state index contributed by atoms with van der Waals surface area (Å²) >= 11 is 0. The third-order valence-corrected chi connectivity index (χ3v) is 3.66. The van der Waals surface area contributed by atoms with E-state index in [0.717, 1.165) is 25.2 Å². The minimum absolute atomic E-state index is 0.103. The number of carbonyl (C=O) groups is 1. The van der Waals surface area contributed by atoms with Crippen LogP contribution in [0, 0.1) is 5.92 Å². The Bertz CT molecular complexity index is 212. The van der Waals surface area contributed by atoms with Gasteiger partial charge in [0.05, 0.1) is 6.10 Å². The lowest BCUT2D eigenvalue weighted by Gasteiger charge is -2.21. The third-order valence-electron chi connectivity index (χ3n) is 3.66. The van der Waals surface area contributed by atoms with Crippen LogP contribution in [-0.4, -0.2) is 23.7 Å². The summed E-state index contributed by atoms with van der Waals surface area (Å²) in [5.74, 6) is 0.862. The Hall–Kier alpha value is -0.570. The number of aliphatic hydroxyl groups excluding tert-OH is 1. The van der Waals surface area contributed by atoms with Crippen molar-refractivity contribution in [2.24, 2.45) is 5.92 Å². The van der Waals surface area contributed by atoms with Crippen molar-refractivity contribution in [1.82, 2.24) is 5.32 Å². The molecule has 1 amide bonds. The van der Waals surface area contributed by atoms with Gasteiger partial charge in [-0.1, -0.05) is 45.4 Å². The molecular weight excluding hydrogens is 214 g/mol. The number of aliphatic hydroxyl groups is 1. The summed E-state index contributed by atoms with van der Waals surface area (Å²) in [6.07, 6.45) is 9.63. The Morgan fingerprint density at radius 1 is 1.35 bits per heavy atom. The van der Waals surface area contributed by atoms with E-state index in [4.69, 9.17) is 0 Å². The monoisotopic (exact) mass is 241 g/mol. The van der Waals surface area contributed by atoms with Crippen LogP contribution in [0.2, 0.25) is 0 Å². The highest BCUT2D eigenvalue weighted by Gasteiger charge is 2.15. The summed E-state index contributed by atoms with van der Waals surface area (Å²) in [6.45, 7) is 2.45. The topological polar surface area (TPSA) is 49.3 Å². The summed E-state index contributed by atoms with van der Waals surface area (Å²) < 4.78 is 0. The third kappa shape index (κ3) is 6.67. The van der Waals surface area contributed by atoms with Gasteiger partial charge in [0.1, 0.15) is 0 Å². The van der Waals surface area contributed by atoms with Crippen LogP contribution >= 0.6 is 0 Å². The van der Waals surface area contributed by atoms with E-state index in [1.807, 2.05) is 6.92 Å². The largest absolute Gasteiger partial charge is 0.391 e. The highest BCUT2D eigenvalue weighted by atomic mass is 16.3. The molecule has 100 valence electrons. The summed E-state index contributed by atoms with van der Waals surface area (Å²) in [6, 6.07) is 0. The molecule has 0 spiro atoms. The minimum atomic E-state index is -0.376. The average Bonchev–Trinajstić information content (AvgIpc) is 2.35. The molecule has 0 aliphatic heterocycles. The molecule has 0 aromatic rings. The molecule has 1 rings (SSSR count). The van der Waals surface area contributed by atoms with Crippen LogP contribution in [0.4, 0.5) is 0 Å². The van der Waals surface area contributed by atoms with Gasteiger partial charge in [-0.3, -0.25) is 4.79 Å². The summed E-state index contributed by atoms with van der Waals surface area (Å²) in [5, 5.41) is 12.3. The van der Waals surface area contributed by atoms with Gasteiger partial charge in [0.25, 0.3) is 0 Å². The van der Waals surface area contributed by atoms with E-state index < -0.39 is 0 Å². The highest BCUT2D eigenvalue weighted by molar-refractivity contribution is 5.75. The zero-order valence-electron chi connectivity index (χ0n) is 11.1. The van der Waals surface area contributed by atoms with Crippen LogP contribution in [0.15, 0.2) is 0 Å². The van der Waals surface area contributed by atoms with E-state index in [-0.39, 0.29) is 12.0 Å². The van der Waals surface area contributed by atoms with Crippen molar-refractivity contribution < 1.29 is 9.90 Å². The van der Waals surface area contributed by atoms with Crippen LogP contribution in [0.3, 0.4) is 0 Å². The normalized spacial score (nSPS) is 18.9. The van der Waals surface area contributed by atoms with E-state index in [0.29, 0.717) is 13.0 Å². The molecule has 1 unspecified atom stereocenters. The number of hydrogen-bond donors (Lipinski definition) is 2. The zero-order valence-corrected chi connectivity index (χ0v) is 11.1. The average molecular weight is 241 g/mol. The van der Waals surface area contributed by atoms with E-state index in [1.165, 1.54) is 32.1 Å². The van der Waals surface area contributed by atoms with Gasteiger partial charge >= 0.3 is 0 Å². The van der Waals surface area contributed by atoms with Crippen molar-refractivity contribution in [3.8, 4) is 0 Å². The second-order valence-corrected chi connectivity index (χ2v) is 5.29. The molecule has 1 fully saturated rings. The Balaban J connectivity index is 2.04. The lowest BCUT2D eigenvalue weighted by molar-refractivity contribution is -0.121. The Morgan fingerprint density at radius 3 is 2.71 bits per heavy atom. The molecule has 0 saturated heterocycles. The lowest BCUT2D eigenvalue weighted by Crippen LogP contribution is -2.32. The molecule has 0 bridgehead atoms. The van der Waals surface area contributed by atoms with E-state index in [9.17, 15) is 9.90 Å². The first-order valence-corrected chi connectivity index (χ1v) is 7.17. The van der Waals surface area contributed by atoms with Gasteiger partial charge < -0.3 is 10.4 Å². The van der Waals surface area contributed by atoms with Crippen LogP contribution < -0.4 is 5.32 Å². The second-order valence-electron chi connectivity index (χ2n) is 5.29. The fourth-order valence-electron chi connectivity index (χ4n) is 2.57. The molecule has 0 heterocycles. The molecule has 1 saturated carbocycles. The van der Waals surface area contributed by atoms with Crippen molar-refractivity contribution in [3.63, 3.8) is 0 Å². The summed E-state index contributed by atoms with van der Waals surface area (Å²) in [7, 11) is 0. The lowest BCUT2D eigenvalue weighted by atomic mass is 9.86. The zero-order chi connectivity index (χ0) is 12.5. The number of amides is 1. The Kier molecular flexibility index (Phi) is 7.25. The van der Waals surface area contributed by atoms with Gasteiger partial charge in [-0.05, 0) is 18.8 Å². The molecule has 0 aromatic carbocycles. The molecule has 0 radical (unpaired) electrons. The maximum atomic E-state index is 11.6. The van der Waals surface area contributed by atoms with Crippen molar-refractivity contribution in [2.75, 3.05) is 6.54 Å². The van der Waals surface area contributed by atoms with E-state index >= 15 is 0 Å². The summed E-state index contributed by atoms with van der Waals surface area (Å²) in [4.78, 5) is 11.6. The standard InChI is InChI=1S/C14H27NO2/c1-2-6-13(16)11-15-14(17)10-9-12-7-4-3-5-8-12/h12-13,16H,2-11H2,1H3,(H,15,17). The molecule has 1 aliphatic carbocycles. The first-order valence-electron chi connectivity index (χ1n) is 7.17. The van der Waals surface area contributed by atoms with Crippen molar-refractivity contribution in [1.29, 1.82) is 0 Å². The van der Waals surface area contributed by atoms with Gasteiger partial charge in [-0.25, -0.2) is 0 Å². The van der Waals surface area contributed by atoms with Gasteiger partial charge in [0, 0.05) is 13.0 Å². The van der Waals surface area contributed by atoms with Gasteiger partial charge in [0.15, 0.2) is 0 Å². The van der Waals surface area contributed by atoms with Crippen LogP contribution in [0.25, 0.3) is 0 Å². The van der Waals surface area contributed by atoms with E-state index in [1.54, 1.807) is 0 Å². The van der Waals surface area contributed by atoms with Crippen molar-refractivity contribution >= 4 is 5.91 Å². The molecular formula is C14H27NO2. The molecule has 1 atom stereocenters. The molecule has 17 heavy (non-hydrogen) atoms. The van der Waals surface area contributed by atoms with Crippen molar-refractivity contribution in [2.45, 2.75) is 70.8 Å².